The maximum Gasteiger partial charge on any atom is 0.249 e. The Morgan fingerprint density at radius 1 is 0.944 bits per heavy atom. The summed E-state index contributed by atoms with van der Waals surface area (Å²) in [4.78, 5) is 37.6. The fourth-order valence-electron chi connectivity index (χ4n) is 1.68. The standard InChI is InChI=1S/C12H15N3O3/c1-4-9(16)12-14(10(17)5-2)7-13-8-15(12)11(18)6-3/h4-6,12-13H,1-3,7-8H2. The number of nitrogens with one attached hydrogen (secondary N) is 1. The van der Waals surface area contributed by atoms with E-state index in [2.05, 4.69) is 25.1 Å². The minimum atomic E-state index is -1.00. The first kappa shape index (κ1) is 13.9. The zero-order valence-electron chi connectivity index (χ0n) is 9.96. The van der Waals surface area contributed by atoms with E-state index in [0.29, 0.717) is 0 Å². The Morgan fingerprint density at radius 2 is 1.39 bits per heavy atom. The van der Waals surface area contributed by atoms with Crippen LogP contribution in [0, 0.1) is 0 Å². The van der Waals surface area contributed by atoms with Crippen molar-refractivity contribution in [2.45, 2.75) is 6.17 Å². The molecule has 1 aliphatic heterocycles. The fourth-order valence-corrected chi connectivity index (χ4v) is 1.68. The molecule has 0 aromatic heterocycles. The summed E-state index contributed by atoms with van der Waals surface area (Å²) in [5.74, 6) is -1.31. The van der Waals surface area contributed by atoms with Gasteiger partial charge in [0, 0.05) is 0 Å². The molecule has 0 aromatic rings. The highest BCUT2D eigenvalue weighted by molar-refractivity contribution is 6.01. The van der Waals surface area contributed by atoms with Gasteiger partial charge in [0.25, 0.3) is 0 Å². The van der Waals surface area contributed by atoms with E-state index in [1.54, 1.807) is 0 Å². The molecule has 1 N–H and O–H groups in total. The number of amides is 2. The molecule has 0 radical (unpaired) electrons. The highest BCUT2D eigenvalue weighted by atomic mass is 16.2. The van der Waals surface area contributed by atoms with Crippen LogP contribution >= 0.6 is 0 Å². The molecule has 0 atom stereocenters. The van der Waals surface area contributed by atoms with Gasteiger partial charge in [0.05, 0.1) is 13.3 Å². The predicted octanol–water partition coefficient (Wildman–Crippen LogP) is -0.385. The highest BCUT2D eigenvalue weighted by Gasteiger charge is 2.37. The van der Waals surface area contributed by atoms with E-state index in [1.807, 2.05) is 0 Å². The van der Waals surface area contributed by atoms with Gasteiger partial charge in [-0.05, 0) is 18.2 Å². The molecule has 1 aliphatic rings. The Bertz CT molecular complexity index is 389. The van der Waals surface area contributed by atoms with Crippen molar-refractivity contribution in [1.82, 2.24) is 15.1 Å². The van der Waals surface area contributed by atoms with Crippen molar-refractivity contribution >= 4 is 17.6 Å². The zero-order chi connectivity index (χ0) is 13.7. The number of carbonyl (C=O) groups is 3. The van der Waals surface area contributed by atoms with E-state index in [9.17, 15) is 14.4 Å². The molecule has 96 valence electrons. The van der Waals surface area contributed by atoms with Crippen LogP contribution in [0.3, 0.4) is 0 Å². The molecule has 0 aliphatic carbocycles. The van der Waals surface area contributed by atoms with Crippen LogP contribution in [0.15, 0.2) is 38.0 Å². The Hall–Kier alpha value is -2.21. The number of rotatable bonds is 4. The molecule has 1 fully saturated rings. The summed E-state index contributed by atoms with van der Waals surface area (Å²) in [5, 5.41) is 2.85. The lowest BCUT2D eigenvalue weighted by atomic mass is 10.2. The van der Waals surface area contributed by atoms with Crippen molar-refractivity contribution in [3.8, 4) is 0 Å². The van der Waals surface area contributed by atoms with Gasteiger partial charge < -0.3 is 0 Å². The van der Waals surface area contributed by atoms with Gasteiger partial charge in [0.1, 0.15) is 0 Å². The van der Waals surface area contributed by atoms with E-state index < -0.39 is 23.8 Å². The lowest BCUT2D eigenvalue weighted by Crippen LogP contribution is -2.65. The maximum absolute atomic E-state index is 11.8. The molecule has 2 amide bonds. The van der Waals surface area contributed by atoms with Gasteiger partial charge in [-0.3, -0.25) is 29.5 Å². The van der Waals surface area contributed by atoms with Crippen LogP contribution in [0.4, 0.5) is 0 Å². The molecule has 0 aromatic carbocycles. The second-order valence-electron chi connectivity index (χ2n) is 3.57. The number of ketones is 1. The normalized spacial score (nSPS) is 16.0. The minimum absolute atomic E-state index is 0.163. The first-order valence-corrected chi connectivity index (χ1v) is 5.29. The van der Waals surface area contributed by atoms with Gasteiger partial charge in [-0.1, -0.05) is 19.7 Å². The molecule has 0 unspecified atom stereocenters. The summed E-state index contributed by atoms with van der Waals surface area (Å²) in [6.45, 7) is 10.4. The van der Waals surface area contributed by atoms with Gasteiger partial charge in [-0.15, -0.1) is 0 Å². The average molecular weight is 249 g/mol. The Balaban J connectivity index is 3.11. The lowest BCUT2D eigenvalue weighted by Gasteiger charge is -2.41. The van der Waals surface area contributed by atoms with Crippen LogP contribution in [0.1, 0.15) is 0 Å². The number of hydrogen-bond acceptors (Lipinski definition) is 4. The van der Waals surface area contributed by atoms with Crippen LogP contribution in [-0.4, -0.2) is 46.9 Å². The molecule has 1 rings (SSSR count). The molecule has 6 nitrogen and oxygen atoms in total. The van der Waals surface area contributed by atoms with Crippen molar-refractivity contribution in [2.75, 3.05) is 13.3 Å². The lowest BCUT2D eigenvalue weighted by molar-refractivity contribution is -0.153. The summed E-state index contributed by atoms with van der Waals surface area (Å²) < 4.78 is 0. The van der Waals surface area contributed by atoms with E-state index in [0.717, 1.165) is 18.2 Å². The third kappa shape index (κ3) is 2.54. The van der Waals surface area contributed by atoms with Gasteiger partial charge in [-0.2, -0.15) is 0 Å². The summed E-state index contributed by atoms with van der Waals surface area (Å²) in [7, 11) is 0. The maximum atomic E-state index is 11.8. The SMILES string of the molecule is C=CC(=O)C1N(C(=O)C=C)CNCN1C(=O)C=C. The minimum Gasteiger partial charge on any atom is -0.298 e. The molecule has 0 bridgehead atoms. The highest BCUT2D eigenvalue weighted by Crippen LogP contribution is 2.13. The summed E-state index contributed by atoms with van der Waals surface area (Å²) in [6, 6.07) is 0. The molecule has 1 heterocycles. The van der Waals surface area contributed by atoms with Crippen LogP contribution in [0.5, 0.6) is 0 Å². The van der Waals surface area contributed by atoms with Crippen molar-refractivity contribution in [3.63, 3.8) is 0 Å². The predicted molar refractivity (Wildman–Crippen MR) is 65.9 cm³/mol. The second kappa shape index (κ2) is 5.92. The molecule has 6 heteroatoms. The topological polar surface area (TPSA) is 69.7 Å². The number of carbonyl (C=O) groups excluding carboxylic acids is 3. The van der Waals surface area contributed by atoms with Crippen LogP contribution in [0.25, 0.3) is 0 Å². The Labute approximate surface area is 105 Å². The largest absolute Gasteiger partial charge is 0.298 e. The van der Waals surface area contributed by atoms with Gasteiger partial charge >= 0.3 is 0 Å². The third-order valence-electron chi connectivity index (χ3n) is 2.53. The van der Waals surface area contributed by atoms with E-state index in [1.165, 1.54) is 9.80 Å². The first-order chi connectivity index (χ1) is 8.56. The van der Waals surface area contributed by atoms with Crippen molar-refractivity contribution in [2.24, 2.45) is 0 Å². The van der Waals surface area contributed by atoms with Gasteiger partial charge in [0.15, 0.2) is 11.9 Å². The van der Waals surface area contributed by atoms with Crippen LogP contribution in [0.2, 0.25) is 0 Å². The smallest absolute Gasteiger partial charge is 0.249 e. The van der Waals surface area contributed by atoms with E-state index >= 15 is 0 Å². The van der Waals surface area contributed by atoms with Crippen molar-refractivity contribution in [1.29, 1.82) is 0 Å². The fraction of sp³-hybridized carbons (Fsp3) is 0.250. The van der Waals surface area contributed by atoms with Crippen LogP contribution in [-0.2, 0) is 14.4 Å². The summed E-state index contributed by atoms with van der Waals surface area (Å²) in [5.41, 5.74) is 0. The number of nitrogens with zero attached hydrogens (tertiary/aromatic N) is 2. The van der Waals surface area contributed by atoms with Gasteiger partial charge in [-0.25, -0.2) is 0 Å². The molecule has 0 spiro atoms. The average Bonchev–Trinajstić information content (AvgIpc) is 2.43. The van der Waals surface area contributed by atoms with Crippen LogP contribution < -0.4 is 5.32 Å². The third-order valence-corrected chi connectivity index (χ3v) is 2.53. The van der Waals surface area contributed by atoms with Gasteiger partial charge in [0.2, 0.25) is 11.8 Å². The molecule has 0 saturated carbocycles. The molecule has 18 heavy (non-hydrogen) atoms. The second-order valence-corrected chi connectivity index (χ2v) is 3.57. The van der Waals surface area contributed by atoms with Crippen molar-refractivity contribution < 1.29 is 14.4 Å². The first-order valence-electron chi connectivity index (χ1n) is 5.29. The van der Waals surface area contributed by atoms with Crippen molar-refractivity contribution in [3.05, 3.63) is 38.0 Å². The molecular formula is C12H15N3O3. The number of hydrogen-bond donors (Lipinski definition) is 1. The quantitative estimate of drug-likeness (QED) is 0.689. The molecule has 1 saturated heterocycles. The van der Waals surface area contributed by atoms with E-state index in [4.69, 9.17) is 0 Å². The zero-order valence-corrected chi connectivity index (χ0v) is 9.96. The Morgan fingerprint density at radius 3 is 1.72 bits per heavy atom. The monoisotopic (exact) mass is 249 g/mol. The van der Waals surface area contributed by atoms with E-state index in [-0.39, 0.29) is 13.3 Å². The summed E-state index contributed by atoms with van der Waals surface area (Å²) in [6.07, 6.45) is 2.27. The Kier molecular flexibility index (Phi) is 4.56. The summed E-state index contributed by atoms with van der Waals surface area (Å²) >= 11 is 0. The molecular weight excluding hydrogens is 234 g/mol.